The van der Waals surface area contributed by atoms with E-state index in [0.717, 1.165) is 17.9 Å². The van der Waals surface area contributed by atoms with Crippen molar-refractivity contribution in [2.45, 2.75) is 33.2 Å². The van der Waals surface area contributed by atoms with Crippen molar-refractivity contribution in [3.63, 3.8) is 0 Å². The van der Waals surface area contributed by atoms with Crippen LogP contribution in [-0.4, -0.2) is 13.2 Å². The number of benzene rings is 1. The molecule has 1 aromatic carbocycles. The fourth-order valence-corrected chi connectivity index (χ4v) is 1.90. The van der Waals surface area contributed by atoms with E-state index in [1.54, 1.807) is 7.11 Å². The summed E-state index contributed by atoms with van der Waals surface area (Å²) in [6, 6.07) is 8.55. The Morgan fingerprint density at radius 3 is 2.28 bits per heavy atom. The SMILES string of the molecule is C=C[C@H](C)C[C@H](Nc1ccc(OC)cc1)C(C)C. The summed E-state index contributed by atoms with van der Waals surface area (Å²) >= 11 is 0. The van der Waals surface area contributed by atoms with Gasteiger partial charge in [0.2, 0.25) is 0 Å². The molecule has 0 saturated heterocycles. The van der Waals surface area contributed by atoms with Gasteiger partial charge in [-0.1, -0.05) is 26.8 Å². The van der Waals surface area contributed by atoms with Crippen molar-refractivity contribution < 1.29 is 4.74 Å². The molecule has 0 saturated carbocycles. The van der Waals surface area contributed by atoms with Gasteiger partial charge in [-0.15, -0.1) is 6.58 Å². The third-order valence-corrected chi connectivity index (χ3v) is 3.27. The van der Waals surface area contributed by atoms with Crippen LogP contribution in [0.1, 0.15) is 27.2 Å². The van der Waals surface area contributed by atoms with E-state index in [1.165, 1.54) is 0 Å². The number of methoxy groups -OCH3 is 1. The second-order valence-corrected chi connectivity index (χ2v) is 5.17. The van der Waals surface area contributed by atoms with Crippen LogP contribution in [0.25, 0.3) is 0 Å². The Kier molecular flexibility index (Phi) is 5.76. The third-order valence-electron chi connectivity index (χ3n) is 3.27. The zero-order chi connectivity index (χ0) is 13.5. The largest absolute Gasteiger partial charge is 0.497 e. The molecule has 0 unspecified atom stereocenters. The van der Waals surface area contributed by atoms with Gasteiger partial charge in [0, 0.05) is 11.7 Å². The predicted molar refractivity (Wildman–Crippen MR) is 79.2 cm³/mol. The van der Waals surface area contributed by atoms with Crippen LogP contribution in [0.3, 0.4) is 0 Å². The van der Waals surface area contributed by atoms with Gasteiger partial charge in [0.1, 0.15) is 5.75 Å². The molecule has 1 aromatic rings. The topological polar surface area (TPSA) is 21.3 Å². The summed E-state index contributed by atoms with van der Waals surface area (Å²) in [5.41, 5.74) is 1.14. The summed E-state index contributed by atoms with van der Waals surface area (Å²) in [5.74, 6) is 2.01. The van der Waals surface area contributed by atoms with Gasteiger partial charge in [-0.3, -0.25) is 0 Å². The first-order valence-corrected chi connectivity index (χ1v) is 6.60. The van der Waals surface area contributed by atoms with Crippen LogP contribution in [0, 0.1) is 11.8 Å². The van der Waals surface area contributed by atoms with Crippen molar-refractivity contribution in [1.82, 2.24) is 0 Å². The summed E-state index contributed by atoms with van der Waals surface area (Å²) in [4.78, 5) is 0. The Balaban J connectivity index is 2.67. The lowest BCUT2D eigenvalue weighted by atomic mass is 9.93. The molecule has 100 valence electrons. The summed E-state index contributed by atoms with van der Waals surface area (Å²) < 4.78 is 5.16. The van der Waals surface area contributed by atoms with Crippen LogP contribution in [0.4, 0.5) is 5.69 Å². The van der Waals surface area contributed by atoms with Crippen molar-refractivity contribution in [2.24, 2.45) is 11.8 Å². The minimum atomic E-state index is 0.464. The van der Waals surface area contributed by atoms with E-state index in [1.807, 2.05) is 18.2 Å². The molecule has 0 bridgehead atoms. The zero-order valence-electron chi connectivity index (χ0n) is 11.9. The Morgan fingerprint density at radius 1 is 1.22 bits per heavy atom. The van der Waals surface area contributed by atoms with Crippen molar-refractivity contribution in [3.8, 4) is 5.75 Å². The fraction of sp³-hybridized carbons (Fsp3) is 0.500. The Bertz CT molecular complexity index is 356. The lowest BCUT2D eigenvalue weighted by molar-refractivity contribution is 0.414. The number of anilines is 1. The summed E-state index contributed by atoms with van der Waals surface area (Å²) in [5, 5.41) is 3.59. The summed E-state index contributed by atoms with van der Waals surface area (Å²) in [7, 11) is 1.69. The molecule has 0 aliphatic rings. The first kappa shape index (κ1) is 14.6. The highest BCUT2D eigenvalue weighted by atomic mass is 16.5. The second-order valence-electron chi connectivity index (χ2n) is 5.17. The zero-order valence-corrected chi connectivity index (χ0v) is 11.9. The molecule has 0 fully saturated rings. The minimum absolute atomic E-state index is 0.464. The number of nitrogens with one attached hydrogen (secondary N) is 1. The van der Waals surface area contributed by atoms with Crippen molar-refractivity contribution >= 4 is 5.69 Å². The van der Waals surface area contributed by atoms with E-state index in [9.17, 15) is 0 Å². The molecule has 0 aromatic heterocycles. The van der Waals surface area contributed by atoms with E-state index in [2.05, 4.69) is 44.8 Å². The highest BCUT2D eigenvalue weighted by Gasteiger charge is 2.15. The van der Waals surface area contributed by atoms with Crippen LogP contribution < -0.4 is 10.1 Å². The normalized spacial score (nSPS) is 14.1. The molecule has 0 spiro atoms. The van der Waals surface area contributed by atoms with Gasteiger partial charge in [-0.25, -0.2) is 0 Å². The molecular weight excluding hydrogens is 222 g/mol. The predicted octanol–water partition coefficient (Wildman–Crippen LogP) is 4.34. The van der Waals surface area contributed by atoms with Crippen molar-refractivity contribution in [3.05, 3.63) is 36.9 Å². The van der Waals surface area contributed by atoms with E-state index in [4.69, 9.17) is 4.74 Å². The molecule has 0 amide bonds. The number of hydrogen-bond donors (Lipinski definition) is 1. The number of allylic oxidation sites excluding steroid dienone is 1. The van der Waals surface area contributed by atoms with E-state index < -0.39 is 0 Å². The molecule has 1 N–H and O–H groups in total. The van der Waals surface area contributed by atoms with Gasteiger partial charge >= 0.3 is 0 Å². The molecule has 0 aliphatic carbocycles. The van der Waals surface area contributed by atoms with Crippen LogP contribution >= 0.6 is 0 Å². The number of rotatable bonds is 7. The fourth-order valence-electron chi connectivity index (χ4n) is 1.90. The molecule has 2 nitrogen and oxygen atoms in total. The Morgan fingerprint density at radius 2 is 1.83 bits per heavy atom. The molecule has 1 rings (SSSR count). The van der Waals surface area contributed by atoms with E-state index >= 15 is 0 Å². The first-order valence-electron chi connectivity index (χ1n) is 6.60. The van der Waals surface area contributed by atoms with E-state index in [0.29, 0.717) is 17.9 Å². The highest BCUT2D eigenvalue weighted by Crippen LogP contribution is 2.21. The quantitative estimate of drug-likeness (QED) is 0.723. The van der Waals surface area contributed by atoms with Crippen LogP contribution in [-0.2, 0) is 0 Å². The molecule has 0 heterocycles. The maximum atomic E-state index is 5.16. The summed E-state index contributed by atoms with van der Waals surface area (Å²) in [6.07, 6.45) is 3.12. The molecule has 2 heteroatoms. The standard InChI is InChI=1S/C16H25NO/c1-6-13(4)11-16(12(2)3)17-14-7-9-15(18-5)10-8-14/h6-10,12-13,16-17H,1,11H2,2-5H3/t13-,16-/m0/s1. The maximum Gasteiger partial charge on any atom is 0.119 e. The van der Waals surface area contributed by atoms with Gasteiger partial charge in [0.25, 0.3) is 0 Å². The highest BCUT2D eigenvalue weighted by molar-refractivity contribution is 5.47. The average Bonchev–Trinajstić information content (AvgIpc) is 2.38. The summed E-state index contributed by atoms with van der Waals surface area (Å²) in [6.45, 7) is 10.6. The van der Waals surface area contributed by atoms with Gasteiger partial charge in [0.05, 0.1) is 7.11 Å². The molecule has 0 aliphatic heterocycles. The minimum Gasteiger partial charge on any atom is -0.497 e. The van der Waals surface area contributed by atoms with Crippen LogP contribution in [0.15, 0.2) is 36.9 Å². The lowest BCUT2D eigenvalue weighted by Crippen LogP contribution is -2.27. The van der Waals surface area contributed by atoms with Gasteiger partial charge < -0.3 is 10.1 Å². The smallest absolute Gasteiger partial charge is 0.119 e. The monoisotopic (exact) mass is 247 g/mol. The van der Waals surface area contributed by atoms with Crippen molar-refractivity contribution in [1.29, 1.82) is 0 Å². The van der Waals surface area contributed by atoms with Crippen molar-refractivity contribution in [2.75, 3.05) is 12.4 Å². The molecular formula is C16H25NO. The van der Waals surface area contributed by atoms with Gasteiger partial charge in [-0.2, -0.15) is 0 Å². The second kappa shape index (κ2) is 7.10. The lowest BCUT2D eigenvalue weighted by Gasteiger charge is -2.25. The Labute approximate surface area is 111 Å². The first-order chi connectivity index (χ1) is 8.56. The van der Waals surface area contributed by atoms with Gasteiger partial charge in [-0.05, 0) is 42.5 Å². The molecule has 0 radical (unpaired) electrons. The Hall–Kier alpha value is -1.44. The van der Waals surface area contributed by atoms with Crippen LogP contribution in [0.5, 0.6) is 5.75 Å². The average molecular weight is 247 g/mol. The molecule has 18 heavy (non-hydrogen) atoms. The molecule has 2 atom stereocenters. The number of ether oxygens (including phenoxy) is 1. The third kappa shape index (κ3) is 4.44. The van der Waals surface area contributed by atoms with Gasteiger partial charge in [0.15, 0.2) is 0 Å². The van der Waals surface area contributed by atoms with E-state index in [-0.39, 0.29) is 0 Å². The maximum absolute atomic E-state index is 5.16. The van der Waals surface area contributed by atoms with Crippen LogP contribution in [0.2, 0.25) is 0 Å². The number of hydrogen-bond acceptors (Lipinski definition) is 2.